The molecule has 3 nitrogen and oxygen atoms in total. The van der Waals surface area contributed by atoms with Gasteiger partial charge in [-0.15, -0.1) is 0 Å². The van der Waals surface area contributed by atoms with Crippen molar-refractivity contribution in [2.75, 3.05) is 4.90 Å². The van der Waals surface area contributed by atoms with E-state index in [4.69, 9.17) is 4.42 Å². The summed E-state index contributed by atoms with van der Waals surface area (Å²) in [6, 6.07) is 91.7. The van der Waals surface area contributed by atoms with E-state index in [9.17, 15) is 0 Å². The van der Waals surface area contributed by atoms with Gasteiger partial charge in [0.2, 0.25) is 0 Å². The molecule has 0 fully saturated rings. The van der Waals surface area contributed by atoms with Crippen molar-refractivity contribution < 1.29 is 4.42 Å². The van der Waals surface area contributed by atoms with Crippen molar-refractivity contribution in [2.45, 2.75) is 0 Å². The van der Waals surface area contributed by atoms with Crippen LogP contribution in [0.2, 0.25) is 0 Å². The minimum Gasteiger partial charge on any atom is -0.455 e. The van der Waals surface area contributed by atoms with Crippen LogP contribution >= 0.6 is 0 Å². The Morgan fingerprint density at radius 1 is 0.284 bits per heavy atom. The highest BCUT2D eigenvalue weighted by atomic mass is 16.3. The fraction of sp³-hybridized carbons (Fsp3) is 0. The van der Waals surface area contributed by atoms with Crippen LogP contribution in [-0.4, -0.2) is 4.57 Å². The normalized spacial score (nSPS) is 11.6. The molecule has 0 N–H and O–H groups in total. The number of nitrogens with zero attached hydrogens (tertiary/aromatic N) is 2. The first-order valence-corrected chi connectivity index (χ1v) is 22.9. The highest BCUT2D eigenvalue weighted by Gasteiger charge is 2.18. The van der Waals surface area contributed by atoms with Gasteiger partial charge in [-0.05, 0) is 111 Å². The van der Waals surface area contributed by atoms with Crippen LogP contribution in [-0.2, 0) is 0 Å². The topological polar surface area (TPSA) is 21.3 Å². The van der Waals surface area contributed by atoms with E-state index in [1.807, 2.05) is 0 Å². The highest BCUT2D eigenvalue weighted by molar-refractivity contribution is 6.17. The van der Waals surface area contributed by atoms with Gasteiger partial charge in [-0.3, -0.25) is 0 Å². The molecule has 0 radical (unpaired) electrons. The summed E-state index contributed by atoms with van der Waals surface area (Å²) in [5.41, 5.74) is 17.9. The average molecular weight is 855 g/mol. The van der Waals surface area contributed by atoms with E-state index in [1.165, 1.54) is 49.4 Å². The molecule has 13 rings (SSSR count). The maximum Gasteiger partial charge on any atom is 0.143 e. The van der Waals surface area contributed by atoms with Crippen molar-refractivity contribution in [3.05, 3.63) is 255 Å². The van der Waals surface area contributed by atoms with E-state index in [-0.39, 0.29) is 0 Å². The number of anilines is 3. The second-order valence-corrected chi connectivity index (χ2v) is 17.3. The van der Waals surface area contributed by atoms with Gasteiger partial charge in [0.25, 0.3) is 0 Å². The van der Waals surface area contributed by atoms with Crippen LogP contribution in [0.5, 0.6) is 0 Å². The summed E-state index contributed by atoms with van der Waals surface area (Å²) in [5, 5.41) is 7.08. The van der Waals surface area contributed by atoms with Gasteiger partial charge < -0.3 is 13.9 Å². The van der Waals surface area contributed by atoms with Gasteiger partial charge in [0.15, 0.2) is 0 Å². The van der Waals surface area contributed by atoms with E-state index in [2.05, 4.69) is 264 Å². The lowest BCUT2D eigenvalue weighted by Crippen LogP contribution is -2.09. The molecule has 314 valence electrons. The van der Waals surface area contributed by atoms with Crippen LogP contribution in [0, 0.1) is 0 Å². The van der Waals surface area contributed by atoms with Crippen molar-refractivity contribution >= 4 is 71.6 Å². The van der Waals surface area contributed by atoms with Gasteiger partial charge in [-0.1, -0.05) is 188 Å². The number of furan rings is 1. The van der Waals surface area contributed by atoms with Gasteiger partial charge in [-0.2, -0.15) is 0 Å². The van der Waals surface area contributed by atoms with Crippen LogP contribution in [0.25, 0.3) is 105 Å². The highest BCUT2D eigenvalue weighted by Crippen LogP contribution is 2.42. The smallest absolute Gasteiger partial charge is 0.143 e. The van der Waals surface area contributed by atoms with Crippen LogP contribution in [0.4, 0.5) is 17.1 Å². The van der Waals surface area contributed by atoms with Crippen molar-refractivity contribution in [2.24, 2.45) is 0 Å². The first-order valence-electron chi connectivity index (χ1n) is 22.9. The minimum absolute atomic E-state index is 0.906. The summed E-state index contributed by atoms with van der Waals surface area (Å²) in [6.07, 6.45) is 0. The zero-order valence-corrected chi connectivity index (χ0v) is 36.6. The Bertz CT molecular complexity index is 3880. The molecule has 0 unspecified atom stereocenters. The Morgan fingerprint density at radius 3 is 1.36 bits per heavy atom. The Labute approximate surface area is 388 Å². The minimum atomic E-state index is 0.906. The third-order valence-electron chi connectivity index (χ3n) is 13.4. The van der Waals surface area contributed by atoms with Gasteiger partial charge in [0.1, 0.15) is 11.2 Å². The second-order valence-electron chi connectivity index (χ2n) is 17.3. The lowest BCUT2D eigenvalue weighted by Gasteiger charge is -2.26. The van der Waals surface area contributed by atoms with Gasteiger partial charge >= 0.3 is 0 Å². The molecule has 67 heavy (non-hydrogen) atoms. The fourth-order valence-electron chi connectivity index (χ4n) is 10.1. The zero-order chi connectivity index (χ0) is 44.3. The predicted octanol–water partition coefficient (Wildman–Crippen LogP) is 18.0. The summed E-state index contributed by atoms with van der Waals surface area (Å²) in [7, 11) is 0. The maximum absolute atomic E-state index is 6.75. The van der Waals surface area contributed by atoms with Crippen LogP contribution in [0.1, 0.15) is 0 Å². The Kier molecular flexibility index (Phi) is 9.17. The van der Waals surface area contributed by atoms with Gasteiger partial charge in [0.05, 0.1) is 11.0 Å². The summed E-state index contributed by atoms with van der Waals surface area (Å²) >= 11 is 0. The fourth-order valence-corrected chi connectivity index (χ4v) is 10.1. The van der Waals surface area contributed by atoms with Crippen LogP contribution < -0.4 is 4.90 Å². The monoisotopic (exact) mass is 854 g/mol. The molecule has 0 saturated heterocycles. The molecule has 0 atom stereocenters. The summed E-state index contributed by atoms with van der Waals surface area (Å²) in [6.45, 7) is 0. The molecule has 2 heterocycles. The van der Waals surface area contributed by atoms with E-state index >= 15 is 0 Å². The molecule has 0 amide bonds. The molecular weight excluding hydrogens is 813 g/mol. The van der Waals surface area contributed by atoms with Crippen LogP contribution in [0.3, 0.4) is 0 Å². The molecule has 0 aliphatic rings. The molecule has 0 bridgehead atoms. The molecule has 0 aliphatic carbocycles. The Balaban J connectivity index is 0.872. The largest absolute Gasteiger partial charge is 0.455 e. The first kappa shape index (κ1) is 38.5. The quantitative estimate of drug-likeness (QED) is 0.152. The molecule has 11 aromatic carbocycles. The number of hydrogen-bond donors (Lipinski definition) is 0. The average Bonchev–Trinajstić information content (AvgIpc) is 3.96. The first-order chi connectivity index (χ1) is 33.2. The lowest BCUT2D eigenvalue weighted by molar-refractivity contribution is 0.674. The molecule has 0 aliphatic heterocycles. The number of para-hydroxylation sites is 3. The number of aromatic nitrogens is 1. The van der Waals surface area contributed by atoms with Gasteiger partial charge in [0, 0.05) is 55.2 Å². The molecular formula is C64H42N2O. The van der Waals surface area contributed by atoms with Crippen molar-refractivity contribution in [1.82, 2.24) is 4.57 Å². The van der Waals surface area contributed by atoms with Crippen molar-refractivity contribution in [3.63, 3.8) is 0 Å². The standard InChI is InChI=1S/C64H42N2O/c1-2-12-43(13-3-1)44-24-26-45(27-25-44)46-28-35-51(36-29-46)65(53-39-32-49(33-40-53)56-20-11-21-59-60-41-34-48-14-4-5-17-55(48)64(60)67-63(56)59)52-37-30-47(31-38-52)50-15-10-16-54(42-50)66-61-22-8-6-18-57(61)58-19-7-9-23-62(58)66/h1-42H. The number of hydrogen-bond acceptors (Lipinski definition) is 2. The molecule has 0 saturated carbocycles. The number of fused-ring (bicyclic) bond motifs is 8. The third-order valence-corrected chi connectivity index (χ3v) is 13.4. The second kappa shape index (κ2) is 16.0. The van der Waals surface area contributed by atoms with Gasteiger partial charge in [-0.25, -0.2) is 0 Å². The molecule has 3 heteroatoms. The Morgan fingerprint density at radius 2 is 0.731 bits per heavy atom. The van der Waals surface area contributed by atoms with Crippen LogP contribution in [0.15, 0.2) is 259 Å². The number of rotatable bonds is 8. The van der Waals surface area contributed by atoms with Crippen molar-refractivity contribution in [3.8, 4) is 50.2 Å². The molecule has 0 spiro atoms. The third kappa shape index (κ3) is 6.67. The van der Waals surface area contributed by atoms with E-state index in [1.54, 1.807) is 0 Å². The SMILES string of the molecule is c1ccc(-c2ccc(-c3ccc(N(c4ccc(-c5cccc(-n6c7ccccc7c7ccccc76)c5)cc4)c4ccc(-c5cccc6c5oc5c7ccccc7ccc65)cc4)cc3)cc2)cc1. The van der Waals surface area contributed by atoms with E-state index in [0.717, 1.165) is 72.3 Å². The van der Waals surface area contributed by atoms with E-state index in [0.29, 0.717) is 0 Å². The maximum atomic E-state index is 6.75. The van der Waals surface area contributed by atoms with Crippen molar-refractivity contribution in [1.29, 1.82) is 0 Å². The lowest BCUT2D eigenvalue weighted by atomic mass is 9.99. The molecule has 2 aromatic heterocycles. The number of benzene rings is 11. The van der Waals surface area contributed by atoms with E-state index < -0.39 is 0 Å². The summed E-state index contributed by atoms with van der Waals surface area (Å²) < 4.78 is 9.13. The predicted molar refractivity (Wildman–Crippen MR) is 282 cm³/mol. The summed E-state index contributed by atoms with van der Waals surface area (Å²) in [4.78, 5) is 2.35. The zero-order valence-electron chi connectivity index (χ0n) is 36.6. The molecule has 13 aromatic rings. The summed E-state index contributed by atoms with van der Waals surface area (Å²) in [5.74, 6) is 0. The Hall–Kier alpha value is -8.92.